The maximum absolute atomic E-state index is 10.0. The van der Waals surface area contributed by atoms with Gasteiger partial charge in [-0.3, -0.25) is 0 Å². The van der Waals surface area contributed by atoms with E-state index in [9.17, 15) is 5.11 Å². The molecule has 1 N–H and O–H groups in total. The fourth-order valence-electron chi connectivity index (χ4n) is 4.64. The third-order valence-electron chi connectivity index (χ3n) is 5.62. The zero-order valence-electron chi connectivity index (χ0n) is 10.4. The first-order chi connectivity index (χ1) is 7.72. The number of aliphatic hydroxyl groups excluding tert-OH is 1. The van der Waals surface area contributed by atoms with Gasteiger partial charge in [-0.15, -0.1) is 0 Å². The van der Waals surface area contributed by atoms with Gasteiger partial charge < -0.3 is 5.11 Å². The second kappa shape index (κ2) is 3.87. The molecular formula is C15H24O. The van der Waals surface area contributed by atoms with Crippen LogP contribution in [-0.4, -0.2) is 11.2 Å². The quantitative estimate of drug-likeness (QED) is 0.668. The Labute approximate surface area is 98.9 Å². The van der Waals surface area contributed by atoms with E-state index in [1.54, 1.807) is 5.57 Å². The van der Waals surface area contributed by atoms with Crippen LogP contribution in [0.1, 0.15) is 58.3 Å². The van der Waals surface area contributed by atoms with Crippen LogP contribution in [-0.2, 0) is 0 Å². The molecule has 0 bridgehead atoms. The highest BCUT2D eigenvalue weighted by atomic mass is 16.3. The van der Waals surface area contributed by atoms with E-state index in [4.69, 9.17) is 0 Å². The molecule has 2 saturated carbocycles. The van der Waals surface area contributed by atoms with Crippen molar-refractivity contribution in [2.75, 3.05) is 0 Å². The highest BCUT2D eigenvalue weighted by Crippen LogP contribution is 2.59. The zero-order valence-corrected chi connectivity index (χ0v) is 10.4. The normalized spacial score (nSPS) is 47.9. The predicted octanol–water partition coefficient (Wildman–Crippen LogP) is 3.67. The lowest BCUT2D eigenvalue weighted by molar-refractivity contribution is 0.119. The van der Waals surface area contributed by atoms with Gasteiger partial charge in [-0.2, -0.15) is 0 Å². The Hall–Kier alpha value is -0.300. The number of hydrogen-bond donors (Lipinski definition) is 1. The Morgan fingerprint density at radius 2 is 2.12 bits per heavy atom. The third kappa shape index (κ3) is 1.48. The Balaban J connectivity index is 1.85. The minimum Gasteiger partial charge on any atom is -0.393 e. The molecule has 0 radical (unpaired) electrons. The first kappa shape index (κ1) is 10.8. The largest absolute Gasteiger partial charge is 0.393 e. The molecule has 1 nitrogen and oxygen atoms in total. The summed E-state index contributed by atoms with van der Waals surface area (Å²) in [6.45, 7) is 2.48. The van der Waals surface area contributed by atoms with E-state index in [1.807, 2.05) is 0 Å². The predicted molar refractivity (Wildman–Crippen MR) is 66.1 cm³/mol. The van der Waals surface area contributed by atoms with Gasteiger partial charge in [0.05, 0.1) is 6.10 Å². The summed E-state index contributed by atoms with van der Waals surface area (Å²) in [4.78, 5) is 0. The van der Waals surface area contributed by atoms with Crippen LogP contribution in [0.25, 0.3) is 0 Å². The van der Waals surface area contributed by atoms with Crippen molar-refractivity contribution in [2.24, 2.45) is 17.3 Å². The molecule has 0 aromatic heterocycles. The molecule has 90 valence electrons. The van der Waals surface area contributed by atoms with Crippen molar-refractivity contribution in [3.63, 3.8) is 0 Å². The molecule has 3 aliphatic carbocycles. The van der Waals surface area contributed by atoms with E-state index < -0.39 is 0 Å². The van der Waals surface area contributed by atoms with Crippen molar-refractivity contribution in [1.29, 1.82) is 0 Å². The molecule has 0 heterocycles. The molecule has 0 aliphatic heterocycles. The van der Waals surface area contributed by atoms with Gasteiger partial charge in [0.15, 0.2) is 0 Å². The first-order valence-electron chi connectivity index (χ1n) is 7.09. The molecule has 2 fully saturated rings. The van der Waals surface area contributed by atoms with Gasteiger partial charge in [-0.25, -0.2) is 0 Å². The molecule has 3 rings (SSSR count). The summed E-state index contributed by atoms with van der Waals surface area (Å²) < 4.78 is 0. The molecule has 0 amide bonds. The molecule has 0 aromatic carbocycles. The van der Waals surface area contributed by atoms with Crippen molar-refractivity contribution < 1.29 is 5.11 Å². The van der Waals surface area contributed by atoms with E-state index in [2.05, 4.69) is 13.0 Å². The van der Waals surface area contributed by atoms with Crippen molar-refractivity contribution in [2.45, 2.75) is 64.4 Å². The summed E-state index contributed by atoms with van der Waals surface area (Å²) in [5.41, 5.74) is 2.18. The van der Waals surface area contributed by atoms with Crippen molar-refractivity contribution >= 4 is 0 Å². The van der Waals surface area contributed by atoms with Crippen molar-refractivity contribution in [3.8, 4) is 0 Å². The van der Waals surface area contributed by atoms with Crippen LogP contribution in [0.3, 0.4) is 0 Å². The third-order valence-corrected chi connectivity index (χ3v) is 5.62. The van der Waals surface area contributed by atoms with Gasteiger partial charge in [0.25, 0.3) is 0 Å². The SMILES string of the molecule is CC1(C2=CCCCC2)CCC2C(O)CCC21. The van der Waals surface area contributed by atoms with E-state index in [-0.39, 0.29) is 6.10 Å². The van der Waals surface area contributed by atoms with Gasteiger partial charge in [0, 0.05) is 0 Å². The fraction of sp³-hybridized carbons (Fsp3) is 0.867. The second-order valence-electron chi connectivity index (χ2n) is 6.35. The molecule has 0 aromatic rings. The lowest BCUT2D eigenvalue weighted by atomic mass is 9.69. The maximum atomic E-state index is 10.0. The summed E-state index contributed by atoms with van der Waals surface area (Å²) >= 11 is 0. The Bertz CT molecular complexity index is 307. The molecule has 0 spiro atoms. The van der Waals surface area contributed by atoms with Crippen LogP contribution in [0.5, 0.6) is 0 Å². The summed E-state index contributed by atoms with van der Waals surface area (Å²) in [6, 6.07) is 0. The van der Waals surface area contributed by atoms with Gasteiger partial charge in [0.1, 0.15) is 0 Å². The summed E-state index contributed by atoms with van der Waals surface area (Å²) in [7, 11) is 0. The summed E-state index contributed by atoms with van der Waals surface area (Å²) in [6.07, 6.45) is 12.8. The standard InChI is InChI=1S/C15H24O/c1-15(11-5-3-2-4-6-11)10-9-12-13(15)7-8-14(12)16/h5,12-14,16H,2-4,6-10H2,1H3. The Morgan fingerprint density at radius 1 is 1.25 bits per heavy atom. The van der Waals surface area contributed by atoms with Crippen molar-refractivity contribution in [3.05, 3.63) is 11.6 Å². The average Bonchev–Trinajstić information content (AvgIpc) is 2.84. The van der Waals surface area contributed by atoms with Gasteiger partial charge in [-0.05, 0) is 68.6 Å². The van der Waals surface area contributed by atoms with Crippen LogP contribution < -0.4 is 0 Å². The molecular weight excluding hydrogens is 196 g/mol. The van der Waals surface area contributed by atoms with E-state index in [0.717, 1.165) is 12.3 Å². The van der Waals surface area contributed by atoms with Crippen LogP contribution in [0, 0.1) is 17.3 Å². The van der Waals surface area contributed by atoms with Gasteiger partial charge in [0.2, 0.25) is 0 Å². The molecule has 3 aliphatic rings. The summed E-state index contributed by atoms with van der Waals surface area (Å²) in [5, 5.41) is 10.0. The summed E-state index contributed by atoms with van der Waals surface area (Å²) in [5.74, 6) is 1.40. The second-order valence-corrected chi connectivity index (χ2v) is 6.35. The highest BCUT2D eigenvalue weighted by Gasteiger charge is 2.51. The first-order valence-corrected chi connectivity index (χ1v) is 7.09. The number of allylic oxidation sites excluding steroid dienone is 2. The molecule has 4 atom stereocenters. The van der Waals surface area contributed by atoms with Crippen LogP contribution in [0.15, 0.2) is 11.6 Å². The number of fused-ring (bicyclic) bond motifs is 1. The lowest BCUT2D eigenvalue weighted by Crippen LogP contribution is -2.27. The topological polar surface area (TPSA) is 20.2 Å². The van der Waals surface area contributed by atoms with Gasteiger partial charge >= 0.3 is 0 Å². The number of hydrogen-bond acceptors (Lipinski definition) is 1. The number of aliphatic hydroxyl groups is 1. The maximum Gasteiger partial charge on any atom is 0.0571 e. The smallest absolute Gasteiger partial charge is 0.0571 e. The fourth-order valence-corrected chi connectivity index (χ4v) is 4.64. The minimum atomic E-state index is 0.0102. The number of rotatable bonds is 1. The van der Waals surface area contributed by atoms with E-state index in [0.29, 0.717) is 11.3 Å². The minimum absolute atomic E-state index is 0.0102. The Morgan fingerprint density at radius 3 is 2.88 bits per heavy atom. The molecule has 16 heavy (non-hydrogen) atoms. The Kier molecular flexibility index (Phi) is 2.62. The van der Waals surface area contributed by atoms with Crippen LogP contribution >= 0.6 is 0 Å². The molecule has 1 heteroatoms. The van der Waals surface area contributed by atoms with Crippen LogP contribution in [0.2, 0.25) is 0 Å². The van der Waals surface area contributed by atoms with E-state index >= 15 is 0 Å². The monoisotopic (exact) mass is 220 g/mol. The van der Waals surface area contributed by atoms with Crippen LogP contribution in [0.4, 0.5) is 0 Å². The van der Waals surface area contributed by atoms with E-state index in [1.165, 1.54) is 44.9 Å². The van der Waals surface area contributed by atoms with Gasteiger partial charge in [-0.1, -0.05) is 18.6 Å². The van der Waals surface area contributed by atoms with Crippen molar-refractivity contribution in [1.82, 2.24) is 0 Å². The lowest BCUT2D eigenvalue weighted by Gasteiger charge is -2.36. The highest BCUT2D eigenvalue weighted by molar-refractivity contribution is 5.21. The zero-order chi connectivity index (χ0) is 11.2. The average molecular weight is 220 g/mol. The molecule has 4 unspecified atom stereocenters. The molecule has 0 saturated heterocycles.